The Bertz CT molecular complexity index is 676. The lowest BCUT2D eigenvalue weighted by Gasteiger charge is -2.29. The monoisotopic (exact) mass is 293 g/mol. The first-order valence-corrected chi connectivity index (χ1v) is 7.53. The second kappa shape index (κ2) is 6.48. The Hall–Kier alpha value is -2.55. The summed E-state index contributed by atoms with van der Waals surface area (Å²) in [5.74, 6) is 0.790. The summed E-state index contributed by atoms with van der Waals surface area (Å²) in [6.07, 6.45) is 3.74. The summed E-state index contributed by atoms with van der Waals surface area (Å²) in [5, 5.41) is 0. The number of hydrogen-bond acceptors (Lipinski definition) is 2. The van der Waals surface area contributed by atoms with E-state index in [1.807, 2.05) is 47.4 Å². The standard InChI is InChI=1S/C19H19NO2/c1-2-14-22-17-11-9-16(10-12-17)19(21)20-13-5-7-15-6-3-4-8-18(15)20/h2-4,6,8-12H,1,5,7,13-14H2. The van der Waals surface area contributed by atoms with Gasteiger partial charge in [-0.25, -0.2) is 0 Å². The number of carbonyl (C=O) groups is 1. The molecule has 1 heterocycles. The van der Waals surface area contributed by atoms with Crippen molar-refractivity contribution in [2.75, 3.05) is 18.1 Å². The van der Waals surface area contributed by atoms with E-state index in [0.29, 0.717) is 12.2 Å². The van der Waals surface area contributed by atoms with Crippen LogP contribution in [0.5, 0.6) is 5.75 Å². The fraction of sp³-hybridized carbons (Fsp3) is 0.211. The van der Waals surface area contributed by atoms with Crippen LogP contribution >= 0.6 is 0 Å². The number of benzene rings is 2. The van der Waals surface area contributed by atoms with E-state index < -0.39 is 0 Å². The van der Waals surface area contributed by atoms with Crippen LogP contribution in [0.15, 0.2) is 61.2 Å². The SMILES string of the molecule is C=CCOc1ccc(C(=O)N2CCCc3ccccc32)cc1. The van der Waals surface area contributed by atoms with Crippen molar-refractivity contribution >= 4 is 11.6 Å². The van der Waals surface area contributed by atoms with E-state index in [1.54, 1.807) is 6.08 Å². The predicted octanol–water partition coefficient (Wildman–Crippen LogP) is 3.84. The molecule has 3 nitrogen and oxygen atoms in total. The van der Waals surface area contributed by atoms with Gasteiger partial charge in [0.25, 0.3) is 5.91 Å². The highest BCUT2D eigenvalue weighted by molar-refractivity contribution is 6.06. The topological polar surface area (TPSA) is 29.5 Å². The second-order valence-electron chi connectivity index (χ2n) is 5.31. The molecule has 0 spiro atoms. The number of ether oxygens (including phenoxy) is 1. The van der Waals surface area contributed by atoms with Crippen LogP contribution in [0.1, 0.15) is 22.3 Å². The summed E-state index contributed by atoms with van der Waals surface area (Å²) < 4.78 is 5.45. The van der Waals surface area contributed by atoms with Crippen molar-refractivity contribution in [3.8, 4) is 5.75 Å². The van der Waals surface area contributed by atoms with Crippen molar-refractivity contribution in [3.63, 3.8) is 0 Å². The molecule has 0 N–H and O–H groups in total. The Balaban J connectivity index is 1.81. The molecule has 2 aromatic carbocycles. The van der Waals surface area contributed by atoms with Crippen LogP contribution in [0.4, 0.5) is 5.69 Å². The number of amides is 1. The highest BCUT2D eigenvalue weighted by atomic mass is 16.5. The van der Waals surface area contributed by atoms with Crippen molar-refractivity contribution in [2.24, 2.45) is 0 Å². The van der Waals surface area contributed by atoms with Gasteiger partial charge in [-0.3, -0.25) is 4.79 Å². The van der Waals surface area contributed by atoms with E-state index in [0.717, 1.165) is 30.8 Å². The van der Waals surface area contributed by atoms with Gasteiger partial charge in [-0.05, 0) is 48.7 Å². The Morgan fingerprint density at radius 1 is 1.18 bits per heavy atom. The van der Waals surface area contributed by atoms with Crippen molar-refractivity contribution in [1.29, 1.82) is 0 Å². The van der Waals surface area contributed by atoms with Crippen LogP contribution in [0, 0.1) is 0 Å². The summed E-state index contributed by atoms with van der Waals surface area (Å²) in [6.45, 7) is 4.85. The smallest absolute Gasteiger partial charge is 0.258 e. The predicted molar refractivity (Wildman–Crippen MR) is 88.6 cm³/mol. The number of aryl methyl sites for hydroxylation is 1. The molecule has 1 amide bonds. The van der Waals surface area contributed by atoms with Crippen molar-refractivity contribution < 1.29 is 9.53 Å². The number of rotatable bonds is 4. The highest BCUT2D eigenvalue weighted by Crippen LogP contribution is 2.28. The van der Waals surface area contributed by atoms with Crippen molar-refractivity contribution in [3.05, 3.63) is 72.3 Å². The summed E-state index contributed by atoms with van der Waals surface area (Å²) in [6, 6.07) is 15.4. The molecule has 22 heavy (non-hydrogen) atoms. The van der Waals surface area contributed by atoms with Gasteiger partial charge in [0.15, 0.2) is 0 Å². The highest BCUT2D eigenvalue weighted by Gasteiger charge is 2.23. The Kier molecular flexibility index (Phi) is 4.24. The summed E-state index contributed by atoms with van der Waals surface area (Å²) in [7, 11) is 0. The average Bonchev–Trinajstić information content (AvgIpc) is 2.59. The van der Waals surface area contributed by atoms with Gasteiger partial charge in [0, 0.05) is 17.8 Å². The van der Waals surface area contributed by atoms with E-state index in [4.69, 9.17) is 4.74 Å². The molecule has 1 aliphatic rings. The Labute approximate surface area is 130 Å². The van der Waals surface area contributed by atoms with E-state index in [2.05, 4.69) is 12.6 Å². The molecule has 0 saturated heterocycles. The molecular weight excluding hydrogens is 274 g/mol. The zero-order chi connectivity index (χ0) is 15.4. The van der Waals surface area contributed by atoms with Crippen LogP contribution < -0.4 is 9.64 Å². The third-order valence-electron chi connectivity index (χ3n) is 3.82. The molecule has 0 atom stereocenters. The molecule has 2 aromatic rings. The van der Waals surface area contributed by atoms with Gasteiger partial charge in [-0.2, -0.15) is 0 Å². The van der Waals surface area contributed by atoms with E-state index in [9.17, 15) is 4.79 Å². The molecule has 0 saturated carbocycles. The quantitative estimate of drug-likeness (QED) is 0.801. The summed E-state index contributed by atoms with van der Waals surface area (Å²) in [5.41, 5.74) is 2.96. The summed E-state index contributed by atoms with van der Waals surface area (Å²) in [4.78, 5) is 14.6. The molecule has 0 bridgehead atoms. The average molecular weight is 293 g/mol. The van der Waals surface area contributed by atoms with E-state index in [1.165, 1.54) is 5.56 Å². The maximum atomic E-state index is 12.8. The third kappa shape index (κ3) is 2.89. The first-order valence-electron chi connectivity index (χ1n) is 7.53. The molecule has 0 aliphatic carbocycles. The number of fused-ring (bicyclic) bond motifs is 1. The van der Waals surface area contributed by atoms with Gasteiger partial charge >= 0.3 is 0 Å². The lowest BCUT2D eigenvalue weighted by molar-refractivity contribution is 0.0985. The number of hydrogen-bond donors (Lipinski definition) is 0. The van der Waals surface area contributed by atoms with Gasteiger partial charge in [0.1, 0.15) is 12.4 Å². The number of para-hydroxylation sites is 1. The lowest BCUT2D eigenvalue weighted by atomic mass is 10.0. The molecule has 112 valence electrons. The van der Waals surface area contributed by atoms with Gasteiger partial charge in [-0.15, -0.1) is 0 Å². The minimum atomic E-state index is 0.0439. The fourth-order valence-corrected chi connectivity index (χ4v) is 2.75. The van der Waals surface area contributed by atoms with E-state index >= 15 is 0 Å². The maximum absolute atomic E-state index is 12.8. The fourth-order valence-electron chi connectivity index (χ4n) is 2.75. The number of carbonyl (C=O) groups excluding carboxylic acids is 1. The second-order valence-corrected chi connectivity index (χ2v) is 5.31. The van der Waals surface area contributed by atoms with Crippen LogP contribution in [-0.2, 0) is 6.42 Å². The Morgan fingerprint density at radius 2 is 1.95 bits per heavy atom. The van der Waals surface area contributed by atoms with Gasteiger partial charge < -0.3 is 9.64 Å². The molecule has 1 aliphatic heterocycles. The molecule has 3 heteroatoms. The van der Waals surface area contributed by atoms with Crippen molar-refractivity contribution in [2.45, 2.75) is 12.8 Å². The largest absolute Gasteiger partial charge is 0.490 e. The molecule has 0 unspecified atom stereocenters. The molecule has 3 rings (SSSR count). The molecule has 0 aromatic heterocycles. The van der Waals surface area contributed by atoms with Gasteiger partial charge in [-0.1, -0.05) is 30.9 Å². The first kappa shape index (κ1) is 14.4. The van der Waals surface area contributed by atoms with Crippen LogP contribution in [-0.4, -0.2) is 19.1 Å². The normalized spacial score (nSPS) is 13.4. The maximum Gasteiger partial charge on any atom is 0.258 e. The first-order chi connectivity index (χ1) is 10.8. The third-order valence-corrected chi connectivity index (χ3v) is 3.82. The van der Waals surface area contributed by atoms with Gasteiger partial charge in [0.05, 0.1) is 0 Å². The van der Waals surface area contributed by atoms with Gasteiger partial charge in [0.2, 0.25) is 0 Å². The molecular formula is C19H19NO2. The lowest BCUT2D eigenvalue weighted by Crippen LogP contribution is -2.35. The molecule has 0 fully saturated rings. The number of nitrogens with zero attached hydrogens (tertiary/aromatic N) is 1. The zero-order valence-corrected chi connectivity index (χ0v) is 12.5. The van der Waals surface area contributed by atoms with Crippen molar-refractivity contribution in [1.82, 2.24) is 0 Å². The zero-order valence-electron chi connectivity index (χ0n) is 12.5. The molecule has 0 radical (unpaired) electrons. The Morgan fingerprint density at radius 3 is 2.73 bits per heavy atom. The van der Waals surface area contributed by atoms with E-state index in [-0.39, 0.29) is 5.91 Å². The van der Waals surface area contributed by atoms with Crippen LogP contribution in [0.2, 0.25) is 0 Å². The van der Waals surface area contributed by atoms with Crippen LogP contribution in [0.3, 0.4) is 0 Å². The number of anilines is 1. The summed E-state index contributed by atoms with van der Waals surface area (Å²) >= 11 is 0. The minimum Gasteiger partial charge on any atom is -0.490 e. The van der Waals surface area contributed by atoms with Crippen LogP contribution in [0.25, 0.3) is 0 Å². The minimum absolute atomic E-state index is 0.0439.